The van der Waals surface area contributed by atoms with Crippen LogP contribution >= 0.6 is 0 Å². The molecule has 0 unspecified atom stereocenters. The molecule has 1 aromatic carbocycles. The van der Waals surface area contributed by atoms with E-state index in [1.807, 2.05) is 38.1 Å². The maximum absolute atomic E-state index is 11.3. The number of Topliss-reactive ketones (excluding diaryl/α,β-unsaturated/α-hetero) is 1. The van der Waals surface area contributed by atoms with Gasteiger partial charge in [-0.3, -0.25) is 4.79 Å². The van der Waals surface area contributed by atoms with Crippen molar-refractivity contribution >= 4 is 11.6 Å². The number of nitrogens with zero attached hydrogens (tertiary/aromatic N) is 2. The zero-order chi connectivity index (χ0) is 14.4. The maximum Gasteiger partial charge on any atom is 0.181 e. The van der Waals surface area contributed by atoms with Crippen LogP contribution in [0.5, 0.6) is 0 Å². The largest absolute Gasteiger partial charge is 0.382 e. The van der Waals surface area contributed by atoms with E-state index in [1.54, 1.807) is 6.20 Å². The van der Waals surface area contributed by atoms with E-state index in [4.69, 9.17) is 5.73 Å². The van der Waals surface area contributed by atoms with Crippen molar-refractivity contribution in [3.8, 4) is 11.3 Å². The summed E-state index contributed by atoms with van der Waals surface area (Å²) in [5, 5.41) is 0. The SMILES string of the molecule is CC.[CH2-]c1cccc(-c2cnc(N)c(C(C)=O)n2)c1.[Y]. The first-order valence-corrected chi connectivity index (χ1v) is 6.14. The van der Waals surface area contributed by atoms with E-state index in [2.05, 4.69) is 16.9 Å². The molecule has 0 aliphatic heterocycles. The van der Waals surface area contributed by atoms with E-state index in [0.29, 0.717) is 5.69 Å². The molecule has 0 saturated carbocycles. The average molecular weight is 345 g/mol. The second-order valence-electron chi connectivity index (χ2n) is 3.75. The van der Waals surface area contributed by atoms with Gasteiger partial charge in [-0.05, 0) is 0 Å². The molecule has 1 aromatic heterocycles. The molecule has 20 heavy (non-hydrogen) atoms. The van der Waals surface area contributed by atoms with Crippen molar-refractivity contribution in [1.29, 1.82) is 0 Å². The Bertz CT molecular complexity index is 585. The van der Waals surface area contributed by atoms with E-state index in [-0.39, 0.29) is 50.0 Å². The third kappa shape index (κ3) is 4.69. The van der Waals surface area contributed by atoms with E-state index < -0.39 is 0 Å². The molecule has 1 radical (unpaired) electrons. The van der Waals surface area contributed by atoms with Crippen LogP contribution in [0.3, 0.4) is 0 Å². The number of anilines is 1. The Morgan fingerprint density at radius 1 is 1.30 bits per heavy atom. The number of ketones is 1. The molecule has 2 N–H and O–H groups in total. The molecule has 5 heteroatoms. The Kier molecular flexibility index (Phi) is 8.27. The Hall–Kier alpha value is -1.26. The molecule has 2 rings (SSSR count). The molecular formula is C15H18N3OY-. The molecule has 0 spiro atoms. The van der Waals surface area contributed by atoms with Gasteiger partial charge < -0.3 is 5.73 Å². The average Bonchev–Trinajstić information content (AvgIpc) is 2.41. The number of carbonyl (C=O) groups excluding carboxylic acids is 1. The summed E-state index contributed by atoms with van der Waals surface area (Å²) in [5.74, 6) is -0.0327. The van der Waals surface area contributed by atoms with Crippen molar-refractivity contribution in [1.82, 2.24) is 9.97 Å². The van der Waals surface area contributed by atoms with Crippen LogP contribution in [0.15, 0.2) is 30.5 Å². The summed E-state index contributed by atoms with van der Waals surface area (Å²) in [7, 11) is 0. The third-order valence-electron chi connectivity index (χ3n) is 2.36. The van der Waals surface area contributed by atoms with Crippen molar-refractivity contribution in [2.24, 2.45) is 0 Å². The number of nitrogen functional groups attached to an aromatic ring is 1. The first kappa shape index (κ1) is 18.7. The van der Waals surface area contributed by atoms with Crippen LogP contribution in [-0.4, -0.2) is 15.8 Å². The van der Waals surface area contributed by atoms with Gasteiger partial charge in [0.15, 0.2) is 11.6 Å². The second-order valence-corrected chi connectivity index (χ2v) is 3.75. The van der Waals surface area contributed by atoms with Gasteiger partial charge in [0.05, 0.1) is 11.9 Å². The monoisotopic (exact) mass is 345 g/mol. The first-order chi connectivity index (χ1) is 9.08. The van der Waals surface area contributed by atoms with Crippen molar-refractivity contribution in [3.63, 3.8) is 0 Å². The molecule has 0 saturated heterocycles. The minimum atomic E-state index is -0.192. The van der Waals surface area contributed by atoms with Gasteiger partial charge in [0.25, 0.3) is 0 Å². The predicted octanol–water partition coefficient (Wildman–Crippen LogP) is 3.13. The van der Waals surface area contributed by atoms with Crippen LogP contribution < -0.4 is 5.73 Å². The fourth-order valence-electron chi connectivity index (χ4n) is 1.53. The van der Waals surface area contributed by atoms with Gasteiger partial charge in [-0.1, -0.05) is 25.5 Å². The topological polar surface area (TPSA) is 68.9 Å². The van der Waals surface area contributed by atoms with Crippen LogP contribution in [0.2, 0.25) is 0 Å². The van der Waals surface area contributed by atoms with Gasteiger partial charge in [-0.2, -0.15) is 24.6 Å². The summed E-state index contributed by atoms with van der Waals surface area (Å²) in [6, 6.07) is 7.53. The van der Waals surface area contributed by atoms with Crippen molar-refractivity contribution < 1.29 is 37.5 Å². The Morgan fingerprint density at radius 3 is 2.50 bits per heavy atom. The minimum Gasteiger partial charge on any atom is -0.382 e. The normalized spacial score (nSPS) is 8.95. The fraction of sp³-hybridized carbons (Fsp3) is 0.200. The van der Waals surface area contributed by atoms with Crippen LogP contribution in [0.25, 0.3) is 11.3 Å². The van der Waals surface area contributed by atoms with Crippen LogP contribution in [0.4, 0.5) is 5.82 Å². The number of nitrogens with two attached hydrogens (primary N) is 1. The Labute approximate surface area is 145 Å². The van der Waals surface area contributed by atoms with Crippen molar-refractivity contribution in [3.05, 3.63) is 48.6 Å². The standard InChI is InChI=1S/C13H12N3O.C2H6.Y/c1-8-4-3-5-10(6-8)11-7-15-13(14)12(16-11)9(2)17;1-2;/h3-7H,1H2,2H3,(H2,14,15);1-2H3;/q-1;;. The van der Waals surface area contributed by atoms with Gasteiger partial charge >= 0.3 is 0 Å². The first-order valence-electron chi connectivity index (χ1n) is 6.14. The minimum absolute atomic E-state index is 0. The number of benzene rings is 1. The molecule has 0 aliphatic carbocycles. The molecule has 0 aliphatic rings. The number of rotatable bonds is 2. The van der Waals surface area contributed by atoms with Crippen LogP contribution in [0, 0.1) is 6.92 Å². The zero-order valence-corrected chi connectivity index (χ0v) is 14.9. The third-order valence-corrected chi connectivity index (χ3v) is 2.36. The summed E-state index contributed by atoms with van der Waals surface area (Å²) < 4.78 is 0. The molecular weight excluding hydrogens is 327 g/mol. The van der Waals surface area contributed by atoms with Crippen molar-refractivity contribution in [2.75, 3.05) is 5.73 Å². The summed E-state index contributed by atoms with van der Waals surface area (Å²) in [6.45, 7) is 9.26. The fourth-order valence-corrected chi connectivity index (χ4v) is 1.53. The number of hydrogen-bond acceptors (Lipinski definition) is 4. The quantitative estimate of drug-likeness (QED) is 0.671. The van der Waals surface area contributed by atoms with Crippen LogP contribution in [-0.2, 0) is 32.7 Å². The molecule has 0 bridgehead atoms. The Morgan fingerprint density at radius 2 is 1.95 bits per heavy atom. The van der Waals surface area contributed by atoms with Gasteiger partial charge in [0.2, 0.25) is 0 Å². The maximum atomic E-state index is 11.3. The molecule has 4 nitrogen and oxygen atoms in total. The van der Waals surface area contributed by atoms with E-state index >= 15 is 0 Å². The summed E-state index contributed by atoms with van der Waals surface area (Å²) in [5.41, 5.74) is 8.17. The van der Waals surface area contributed by atoms with E-state index in [1.165, 1.54) is 6.92 Å². The summed E-state index contributed by atoms with van der Waals surface area (Å²) >= 11 is 0. The molecule has 1 heterocycles. The zero-order valence-electron chi connectivity index (χ0n) is 12.1. The summed E-state index contributed by atoms with van der Waals surface area (Å²) in [4.78, 5) is 19.5. The van der Waals surface area contributed by atoms with E-state index in [0.717, 1.165) is 11.1 Å². The van der Waals surface area contributed by atoms with Gasteiger partial charge in [-0.25, -0.2) is 9.97 Å². The summed E-state index contributed by atoms with van der Waals surface area (Å²) in [6.07, 6.45) is 1.55. The number of hydrogen-bond donors (Lipinski definition) is 1. The van der Waals surface area contributed by atoms with Gasteiger partial charge in [0, 0.05) is 39.6 Å². The number of aromatic nitrogens is 2. The molecule has 2 aromatic rings. The van der Waals surface area contributed by atoms with Gasteiger partial charge in [0.1, 0.15) is 5.69 Å². The second kappa shape index (κ2) is 8.82. The molecule has 0 amide bonds. The van der Waals surface area contributed by atoms with Crippen molar-refractivity contribution in [2.45, 2.75) is 20.8 Å². The van der Waals surface area contributed by atoms with Gasteiger partial charge in [-0.15, -0.1) is 6.07 Å². The number of carbonyl (C=O) groups is 1. The molecule has 103 valence electrons. The molecule has 0 fully saturated rings. The van der Waals surface area contributed by atoms with Crippen LogP contribution in [0.1, 0.15) is 36.8 Å². The predicted molar refractivity (Wildman–Crippen MR) is 77.7 cm³/mol. The smallest absolute Gasteiger partial charge is 0.181 e. The Balaban J connectivity index is 0.00000115. The van der Waals surface area contributed by atoms with E-state index in [9.17, 15) is 4.79 Å². The molecule has 0 atom stereocenters.